The predicted octanol–water partition coefficient (Wildman–Crippen LogP) is 3.15. The quantitative estimate of drug-likeness (QED) is 0.934. The van der Waals surface area contributed by atoms with Gasteiger partial charge in [0.15, 0.2) is 0 Å². The van der Waals surface area contributed by atoms with Gasteiger partial charge >= 0.3 is 0 Å². The molecule has 1 aliphatic rings. The van der Waals surface area contributed by atoms with Crippen molar-refractivity contribution < 1.29 is 0 Å². The van der Waals surface area contributed by atoms with E-state index in [1.165, 1.54) is 28.8 Å². The summed E-state index contributed by atoms with van der Waals surface area (Å²) in [5.41, 5.74) is 5.65. The lowest BCUT2D eigenvalue weighted by Crippen LogP contribution is -2.29. The highest BCUT2D eigenvalue weighted by atomic mass is 15.3. The van der Waals surface area contributed by atoms with E-state index in [0.717, 1.165) is 13.1 Å². The molecule has 1 heterocycles. The Bertz CT molecular complexity index is 634. The fraction of sp³-hybridized carbons (Fsp3) is 0.500. The van der Waals surface area contributed by atoms with E-state index in [1.807, 2.05) is 11.7 Å². The van der Waals surface area contributed by atoms with Gasteiger partial charge < -0.3 is 5.32 Å². The second-order valence-electron chi connectivity index (χ2n) is 7.16. The maximum absolute atomic E-state index is 4.63. The van der Waals surface area contributed by atoms with Crippen molar-refractivity contribution in [3.05, 3.63) is 52.8 Å². The minimum absolute atomic E-state index is 0.0986. The molecule has 1 N–H and O–H groups in total. The average molecular weight is 283 g/mol. The van der Waals surface area contributed by atoms with Crippen molar-refractivity contribution in [1.82, 2.24) is 15.1 Å². The molecule has 3 rings (SSSR count). The summed E-state index contributed by atoms with van der Waals surface area (Å²) < 4.78 is 1.93. The summed E-state index contributed by atoms with van der Waals surface area (Å²) in [7, 11) is 2.00. The number of aromatic nitrogens is 2. The average Bonchev–Trinajstić information content (AvgIpc) is 2.76. The van der Waals surface area contributed by atoms with Crippen molar-refractivity contribution in [2.24, 2.45) is 7.05 Å². The van der Waals surface area contributed by atoms with E-state index in [0.29, 0.717) is 5.92 Å². The molecule has 2 aromatic rings. The lowest BCUT2D eigenvalue weighted by atomic mass is 9.77. The summed E-state index contributed by atoms with van der Waals surface area (Å²) in [5, 5.41) is 8.24. The van der Waals surface area contributed by atoms with Crippen molar-refractivity contribution in [1.29, 1.82) is 0 Å². The van der Waals surface area contributed by atoms with Crippen LogP contribution >= 0.6 is 0 Å². The molecule has 0 amide bonds. The Kier molecular flexibility index (Phi) is 3.62. The second-order valence-corrected chi connectivity index (χ2v) is 7.16. The summed E-state index contributed by atoms with van der Waals surface area (Å²) >= 11 is 0. The Balaban J connectivity index is 1.60. The van der Waals surface area contributed by atoms with Crippen LogP contribution in [-0.4, -0.2) is 16.3 Å². The van der Waals surface area contributed by atoms with Crippen LogP contribution in [-0.2, 0) is 25.4 Å². The summed E-state index contributed by atoms with van der Waals surface area (Å²) in [6, 6.07) is 8.78. The third-order valence-corrected chi connectivity index (χ3v) is 4.28. The van der Waals surface area contributed by atoms with Crippen LogP contribution in [0.1, 0.15) is 49.1 Å². The minimum Gasteiger partial charge on any atom is -0.312 e. The fourth-order valence-electron chi connectivity index (χ4n) is 3.22. The highest BCUT2D eigenvalue weighted by molar-refractivity contribution is 5.40. The summed E-state index contributed by atoms with van der Waals surface area (Å²) in [6.45, 7) is 8.62. The first-order valence-electron chi connectivity index (χ1n) is 7.76. The maximum atomic E-state index is 4.63. The summed E-state index contributed by atoms with van der Waals surface area (Å²) in [6.07, 6.45) is 3.35. The molecule has 1 unspecified atom stereocenters. The van der Waals surface area contributed by atoms with Crippen LogP contribution in [0, 0.1) is 0 Å². The van der Waals surface area contributed by atoms with Gasteiger partial charge in [0.25, 0.3) is 0 Å². The van der Waals surface area contributed by atoms with Crippen LogP contribution in [0.25, 0.3) is 0 Å². The Hall–Kier alpha value is -1.61. The van der Waals surface area contributed by atoms with Gasteiger partial charge in [-0.25, -0.2) is 0 Å². The van der Waals surface area contributed by atoms with Gasteiger partial charge in [0, 0.05) is 43.2 Å². The maximum Gasteiger partial charge on any atom is 0.0722 e. The van der Waals surface area contributed by atoms with Crippen LogP contribution < -0.4 is 5.32 Å². The van der Waals surface area contributed by atoms with E-state index in [9.17, 15) is 0 Å². The minimum atomic E-state index is 0.0986. The van der Waals surface area contributed by atoms with Gasteiger partial charge in [0.1, 0.15) is 0 Å². The highest BCUT2D eigenvalue weighted by Gasteiger charge is 2.25. The van der Waals surface area contributed by atoms with Gasteiger partial charge in [-0.1, -0.05) is 45.0 Å². The second kappa shape index (κ2) is 5.30. The molecule has 21 heavy (non-hydrogen) atoms. The van der Waals surface area contributed by atoms with E-state index < -0.39 is 0 Å². The first kappa shape index (κ1) is 14.3. The molecule has 0 fully saturated rings. The van der Waals surface area contributed by atoms with Crippen LogP contribution in [0.15, 0.2) is 30.5 Å². The molecular formula is C18H25N3. The molecule has 1 aromatic heterocycles. The molecule has 3 nitrogen and oxygen atoms in total. The van der Waals surface area contributed by atoms with Gasteiger partial charge in [-0.2, -0.15) is 5.10 Å². The number of benzene rings is 1. The number of aryl methyl sites for hydroxylation is 1. The molecule has 0 bridgehead atoms. The molecule has 0 radical (unpaired) electrons. The SMILES string of the molecule is Cn1cc(CNCC2Cc3ccccc32)c(C(C)(C)C)n1. The zero-order valence-corrected chi connectivity index (χ0v) is 13.5. The van der Waals surface area contributed by atoms with E-state index in [-0.39, 0.29) is 5.41 Å². The third kappa shape index (κ3) is 2.88. The van der Waals surface area contributed by atoms with Crippen molar-refractivity contribution in [2.75, 3.05) is 6.54 Å². The molecule has 0 saturated heterocycles. The number of hydrogen-bond donors (Lipinski definition) is 1. The predicted molar refractivity (Wildman–Crippen MR) is 86.5 cm³/mol. The molecule has 112 valence electrons. The summed E-state index contributed by atoms with van der Waals surface area (Å²) in [5.74, 6) is 0.677. The highest BCUT2D eigenvalue weighted by Crippen LogP contribution is 2.34. The molecule has 1 atom stereocenters. The lowest BCUT2D eigenvalue weighted by molar-refractivity contribution is 0.521. The first-order valence-corrected chi connectivity index (χ1v) is 7.76. The van der Waals surface area contributed by atoms with Crippen molar-refractivity contribution >= 4 is 0 Å². The zero-order chi connectivity index (χ0) is 15.0. The van der Waals surface area contributed by atoms with Gasteiger partial charge in [0.05, 0.1) is 5.69 Å². The van der Waals surface area contributed by atoms with Gasteiger partial charge in [0.2, 0.25) is 0 Å². The molecule has 0 spiro atoms. The summed E-state index contributed by atoms with van der Waals surface area (Å²) in [4.78, 5) is 0. The molecule has 0 saturated carbocycles. The van der Waals surface area contributed by atoms with Crippen LogP contribution in [0.3, 0.4) is 0 Å². The number of nitrogens with zero attached hydrogens (tertiary/aromatic N) is 2. The number of hydrogen-bond acceptors (Lipinski definition) is 2. The number of rotatable bonds is 4. The third-order valence-electron chi connectivity index (χ3n) is 4.28. The van der Waals surface area contributed by atoms with E-state index in [2.05, 4.69) is 61.6 Å². The largest absolute Gasteiger partial charge is 0.312 e. The van der Waals surface area contributed by atoms with E-state index in [1.54, 1.807) is 0 Å². The van der Waals surface area contributed by atoms with Crippen molar-refractivity contribution in [2.45, 2.75) is 45.1 Å². The molecule has 0 aliphatic heterocycles. The van der Waals surface area contributed by atoms with Gasteiger partial charge in [-0.05, 0) is 17.5 Å². The molecule has 1 aliphatic carbocycles. The Morgan fingerprint density at radius 3 is 2.76 bits per heavy atom. The number of nitrogens with one attached hydrogen (secondary N) is 1. The smallest absolute Gasteiger partial charge is 0.0722 e. The first-order chi connectivity index (χ1) is 9.95. The van der Waals surface area contributed by atoms with Gasteiger partial charge in [-0.3, -0.25) is 4.68 Å². The Morgan fingerprint density at radius 2 is 2.05 bits per heavy atom. The Labute approximate surface area is 127 Å². The Morgan fingerprint density at radius 1 is 1.29 bits per heavy atom. The fourth-order valence-corrected chi connectivity index (χ4v) is 3.22. The normalized spacial score (nSPS) is 17.4. The number of fused-ring (bicyclic) bond motifs is 1. The van der Waals surface area contributed by atoms with Crippen LogP contribution in [0.5, 0.6) is 0 Å². The van der Waals surface area contributed by atoms with Crippen LogP contribution in [0.4, 0.5) is 0 Å². The van der Waals surface area contributed by atoms with E-state index >= 15 is 0 Å². The topological polar surface area (TPSA) is 29.9 Å². The molecular weight excluding hydrogens is 258 g/mol. The van der Waals surface area contributed by atoms with Crippen molar-refractivity contribution in [3.63, 3.8) is 0 Å². The standard InChI is InChI=1S/C18H25N3/c1-18(2,3)17-15(12-21(4)20-17)11-19-10-14-9-13-7-5-6-8-16(13)14/h5-8,12,14,19H,9-11H2,1-4H3. The molecule has 1 aromatic carbocycles. The van der Waals surface area contributed by atoms with Crippen LogP contribution in [0.2, 0.25) is 0 Å². The molecule has 3 heteroatoms. The lowest BCUT2D eigenvalue weighted by Gasteiger charge is -2.30. The zero-order valence-electron chi connectivity index (χ0n) is 13.5. The van der Waals surface area contributed by atoms with Crippen molar-refractivity contribution in [3.8, 4) is 0 Å². The monoisotopic (exact) mass is 283 g/mol. The van der Waals surface area contributed by atoms with Gasteiger partial charge in [-0.15, -0.1) is 0 Å². The van der Waals surface area contributed by atoms with E-state index in [4.69, 9.17) is 0 Å².